The van der Waals surface area contributed by atoms with Gasteiger partial charge in [0.25, 0.3) is 5.91 Å². The lowest BCUT2D eigenvalue weighted by molar-refractivity contribution is 0.0917. The van der Waals surface area contributed by atoms with E-state index in [-0.39, 0.29) is 16.9 Å². The van der Waals surface area contributed by atoms with Crippen LogP contribution in [0, 0.1) is 6.92 Å². The van der Waals surface area contributed by atoms with E-state index >= 15 is 0 Å². The van der Waals surface area contributed by atoms with E-state index in [9.17, 15) is 13.2 Å². The van der Waals surface area contributed by atoms with Crippen LogP contribution in [0.2, 0.25) is 0 Å². The number of benzene rings is 2. The lowest BCUT2D eigenvalue weighted by Crippen LogP contribution is -2.37. The summed E-state index contributed by atoms with van der Waals surface area (Å²) in [7, 11) is -3.48. The maximum Gasteiger partial charge on any atom is 0.260 e. The van der Waals surface area contributed by atoms with Gasteiger partial charge in [0.1, 0.15) is 0 Å². The molecular weight excluding hydrogens is 432 g/mol. The van der Waals surface area contributed by atoms with Gasteiger partial charge < -0.3 is 4.74 Å². The van der Waals surface area contributed by atoms with Gasteiger partial charge in [-0.25, -0.2) is 13.4 Å². The average molecular weight is 459 g/mol. The van der Waals surface area contributed by atoms with Crippen LogP contribution in [0.15, 0.2) is 47.4 Å². The summed E-state index contributed by atoms with van der Waals surface area (Å²) < 4.78 is 32.0. The van der Waals surface area contributed by atoms with Crippen LogP contribution < -0.4 is 4.90 Å². The number of fused-ring (bicyclic) bond motifs is 1. The highest BCUT2D eigenvalue weighted by atomic mass is 32.2. The number of thiazole rings is 1. The summed E-state index contributed by atoms with van der Waals surface area (Å²) in [6, 6.07) is 12.3. The summed E-state index contributed by atoms with van der Waals surface area (Å²) in [4.78, 5) is 20.1. The third-order valence-corrected chi connectivity index (χ3v) is 8.64. The molecule has 31 heavy (non-hydrogen) atoms. The minimum Gasteiger partial charge on any atom is -0.376 e. The number of aromatic nitrogens is 1. The molecule has 8 heteroatoms. The summed E-state index contributed by atoms with van der Waals surface area (Å²) in [5.74, 6) is -0.271. The molecule has 2 aromatic carbocycles. The van der Waals surface area contributed by atoms with E-state index in [1.54, 1.807) is 30.9 Å². The molecule has 0 saturated carbocycles. The van der Waals surface area contributed by atoms with Gasteiger partial charge in [0.05, 0.1) is 33.0 Å². The van der Waals surface area contributed by atoms with Gasteiger partial charge in [-0.15, -0.1) is 0 Å². The molecule has 1 aliphatic rings. The average Bonchev–Trinajstić information content (AvgIpc) is 3.40. The second-order valence-electron chi connectivity index (χ2n) is 8.14. The molecule has 0 bridgehead atoms. The molecular formula is C23H26N2O4S2. The van der Waals surface area contributed by atoms with E-state index in [0.29, 0.717) is 23.8 Å². The molecule has 1 fully saturated rings. The van der Waals surface area contributed by atoms with Gasteiger partial charge in [-0.05, 0) is 69.5 Å². The Morgan fingerprint density at radius 1 is 1.26 bits per heavy atom. The topological polar surface area (TPSA) is 76.6 Å². The predicted octanol–water partition coefficient (Wildman–Crippen LogP) is 4.61. The van der Waals surface area contributed by atoms with Gasteiger partial charge in [0.2, 0.25) is 0 Å². The fourth-order valence-corrected chi connectivity index (χ4v) is 5.78. The Morgan fingerprint density at radius 2 is 2.06 bits per heavy atom. The van der Waals surface area contributed by atoms with Crippen LogP contribution in [0.5, 0.6) is 0 Å². The van der Waals surface area contributed by atoms with Crippen LogP contribution in [-0.2, 0) is 14.6 Å². The van der Waals surface area contributed by atoms with Crippen molar-refractivity contribution in [1.82, 2.24) is 4.98 Å². The van der Waals surface area contributed by atoms with Crippen molar-refractivity contribution in [3.8, 4) is 0 Å². The summed E-state index contributed by atoms with van der Waals surface area (Å²) >= 11 is 1.46. The third kappa shape index (κ3) is 4.51. The summed E-state index contributed by atoms with van der Waals surface area (Å²) in [5, 5.41) is 0.0339. The van der Waals surface area contributed by atoms with E-state index in [1.807, 2.05) is 19.1 Å². The Balaban J connectivity index is 1.73. The molecule has 1 aliphatic heterocycles. The highest BCUT2D eigenvalue weighted by Crippen LogP contribution is 2.32. The molecule has 1 amide bonds. The molecule has 0 N–H and O–H groups in total. The smallest absolute Gasteiger partial charge is 0.260 e. The number of rotatable bonds is 6. The molecule has 1 saturated heterocycles. The van der Waals surface area contributed by atoms with Gasteiger partial charge in [0, 0.05) is 12.2 Å². The van der Waals surface area contributed by atoms with Gasteiger partial charge in [-0.3, -0.25) is 9.69 Å². The van der Waals surface area contributed by atoms with Gasteiger partial charge in [-0.1, -0.05) is 23.5 Å². The van der Waals surface area contributed by atoms with Crippen molar-refractivity contribution in [3.05, 3.63) is 53.6 Å². The maximum atomic E-state index is 13.6. The molecule has 4 rings (SSSR count). The standard InChI is InChI=1S/C23H26N2O4S2/c1-15(2)31(27,28)19-8-4-6-17(13-19)22(26)25(14-18-7-5-11-29-18)23-24-20-10-9-16(3)12-21(20)30-23/h4,6,8-10,12-13,15,18H,5,7,11,14H2,1-3H3. The van der Waals surface area contributed by atoms with Crippen molar-refractivity contribution in [1.29, 1.82) is 0 Å². The van der Waals surface area contributed by atoms with Gasteiger partial charge in [-0.2, -0.15) is 0 Å². The second kappa shape index (κ2) is 8.68. The van der Waals surface area contributed by atoms with E-state index in [2.05, 4.69) is 6.07 Å². The van der Waals surface area contributed by atoms with Crippen molar-refractivity contribution in [2.45, 2.75) is 49.9 Å². The number of carbonyl (C=O) groups excluding carboxylic acids is 1. The molecule has 0 spiro atoms. The van der Waals surface area contributed by atoms with Gasteiger partial charge in [0.15, 0.2) is 15.0 Å². The molecule has 6 nitrogen and oxygen atoms in total. The Bertz CT molecular complexity index is 1210. The first-order chi connectivity index (χ1) is 14.8. The number of ether oxygens (including phenoxy) is 1. The van der Waals surface area contributed by atoms with Crippen molar-refractivity contribution < 1.29 is 17.9 Å². The fourth-order valence-electron chi connectivity index (χ4n) is 3.61. The molecule has 164 valence electrons. The number of sulfone groups is 1. The maximum absolute atomic E-state index is 13.6. The van der Waals surface area contributed by atoms with Crippen molar-refractivity contribution in [2.75, 3.05) is 18.1 Å². The Hall–Kier alpha value is -2.29. The number of nitrogens with zero attached hydrogens (tertiary/aromatic N) is 2. The number of carbonyl (C=O) groups is 1. The summed E-state index contributed by atoms with van der Waals surface area (Å²) in [6.45, 7) is 6.37. The van der Waals surface area contributed by atoms with E-state index < -0.39 is 15.1 Å². The van der Waals surface area contributed by atoms with Crippen molar-refractivity contribution in [3.63, 3.8) is 0 Å². The first kappa shape index (κ1) is 21.9. The van der Waals surface area contributed by atoms with Crippen LogP contribution in [0.4, 0.5) is 5.13 Å². The van der Waals surface area contributed by atoms with Crippen LogP contribution >= 0.6 is 11.3 Å². The third-order valence-electron chi connectivity index (χ3n) is 5.45. The second-order valence-corrected chi connectivity index (χ2v) is 11.7. The Labute approximate surface area is 186 Å². The highest BCUT2D eigenvalue weighted by Gasteiger charge is 2.28. The fraction of sp³-hybridized carbons (Fsp3) is 0.391. The first-order valence-electron chi connectivity index (χ1n) is 10.4. The van der Waals surface area contributed by atoms with Crippen molar-refractivity contribution in [2.24, 2.45) is 0 Å². The van der Waals surface area contributed by atoms with Crippen LogP contribution in [0.1, 0.15) is 42.6 Å². The largest absolute Gasteiger partial charge is 0.376 e. The molecule has 1 atom stereocenters. The predicted molar refractivity (Wildman–Crippen MR) is 124 cm³/mol. The number of hydrogen-bond donors (Lipinski definition) is 0. The minimum absolute atomic E-state index is 0.0553. The SMILES string of the molecule is Cc1ccc2nc(N(CC3CCCO3)C(=O)c3cccc(S(=O)(=O)C(C)C)c3)sc2c1. The normalized spacial score (nSPS) is 16.8. The molecule has 1 unspecified atom stereocenters. The monoisotopic (exact) mass is 458 g/mol. The molecule has 0 aliphatic carbocycles. The van der Waals surface area contributed by atoms with E-state index in [1.165, 1.54) is 23.5 Å². The Morgan fingerprint density at radius 3 is 2.77 bits per heavy atom. The number of hydrogen-bond acceptors (Lipinski definition) is 6. The summed E-state index contributed by atoms with van der Waals surface area (Å²) in [6.07, 6.45) is 1.80. The molecule has 2 heterocycles. The zero-order chi connectivity index (χ0) is 22.2. The zero-order valence-corrected chi connectivity index (χ0v) is 19.5. The number of anilines is 1. The number of amides is 1. The van der Waals surface area contributed by atoms with Crippen LogP contribution in [-0.4, -0.2) is 43.8 Å². The Kier molecular flexibility index (Phi) is 6.14. The minimum atomic E-state index is -3.48. The van der Waals surface area contributed by atoms with Crippen LogP contribution in [0.3, 0.4) is 0 Å². The van der Waals surface area contributed by atoms with E-state index in [0.717, 1.165) is 28.6 Å². The van der Waals surface area contributed by atoms with Crippen LogP contribution in [0.25, 0.3) is 10.2 Å². The molecule has 3 aromatic rings. The molecule has 1 aromatic heterocycles. The van der Waals surface area contributed by atoms with Gasteiger partial charge >= 0.3 is 0 Å². The zero-order valence-electron chi connectivity index (χ0n) is 17.9. The lowest BCUT2D eigenvalue weighted by Gasteiger charge is -2.23. The lowest BCUT2D eigenvalue weighted by atomic mass is 10.2. The van der Waals surface area contributed by atoms with E-state index in [4.69, 9.17) is 9.72 Å². The number of aryl methyl sites for hydroxylation is 1. The summed E-state index contributed by atoms with van der Waals surface area (Å²) in [5.41, 5.74) is 2.30. The highest BCUT2D eigenvalue weighted by molar-refractivity contribution is 7.92. The van der Waals surface area contributed by atoms with Crippen molar-refractivity contribution >= 4 is 42.4 Å². The molecule has 0 radical (unpaired) electrons. The quantitative estimate of drug-likeness (QED) is 0.539. The first-order valence-corrected chi connectivity index (χ1v) is 12.8.